The Balaban J connectivity index is 1.96. The number of aromatic nitrogens is 2. The highest BCUT2D eigenvalue weighted by molar-refractivity contribution is 6.31. The summed E-state index contributed by atoms with van der Waals surface area (Å²) in [6, 6.07) is 21.2. The van der Waals surface area contributed by atoms with E-state index < -0.39 is 0 Å². The van der Waals surface area contributed by atoms with Gasteiger partial charge in [-0.25, -0.2) is 4.98 Å². The number of fused-ring (bicyclic) bond motifs is 1. The number of aryl methyl sites for hydroxylation is 1. The Morgan fingerprint density at radius 3 is 2.57 bits per heavy atom. The van der Waals surface area contributed by atoms with Crippen molar-refractivity contribution in [3.8, 4) is 11.4 Å². The van der Waals surface area contributed by atoms with Crippen LogP contribution in [0.15, 0.2) is 71.5 Å². The van der Waals surface area contributed by atoms with Crippen molar-refractivity contribution in [2.75, 3.05) is 0 Å². The van der Waals surface area contributed by atoms with Gasteiger partial charge in [-0.1, -0.05) is 59.6 Å². The molecule has 0 spiro atoms. The summed E-state index contributed by atoms with van der Waals surface area (Å²) in [5.74, 6) is 0.640. The molecule has 4 aromatic rings. The van der Waals surface area contributed by atoms with Crippen LogP contribution in [0, 0.1) is 6.92 Å². The van der Waals surface area contributed by atoms with Crippen LogP contribution in [0.1, 0.15) is 16.7 Å². The van der Waals surface area contributed by atoms with E-state index >= 15 is 0 Å². The Labute approximate surface area is 168 Å². The maximum atomic E-state index is 13.4. The zero-order valence-electron chi connectivity index (χ0n) is 15.5. The van der Waals surface area contributed by atoms with Gasteiger partial charge >= 0.3 is 0 Å². The lowest BCUT2D eigenvalue weighted by Gasteiger charge is -2.15. The van der Waals surface area contributed by atoms with Crippen LogP contribution >= 0.6 is 11.6 Å². The third-order valence-corrected chi connectivity index (χ3v) is 5.00. The molecule has 4 rings (SSSR count). The first-order valence-corrected chi connectivity index (χ1v) is 9.48. The molecule has 4 nitrogen and oxygen atoms in total. The Bertz CT molecular complexity index is 1230. The topological polar surface area (TPSA) is 60.9 Å². The minimum absolute atomic E-state index is 0.109. The van der Waals surface area contributed by atoms with Crippen molar-refractivity contribution in [2.45, 2.75) is 20.0 Å². The van der Waals surface area contributed by atoms with Crippen molar-refractivity contribution in [1.29, 1.82) is 0 Å². The van der Waals surface area contributed by atoms with Gasteiger partial charge in [0, 0.05) is 17.1 Å². The maximum absolute atomic E-state index is 13.4. The summed E-state index contributed by atoms with van der Waals surface area (Å²) in [6.45, 7) is 2.89. The van der Waals surface area contributed by atoms with Crippen molar-refractivity contribution in [3.63, 3.8) is 0 Å². The second-order valence-electron chi connectivity index (χ2n) is 6.88. The molecule has 0 fully saturated rings. The fourth-order valence-corrected chi connectivity index (χ4v) is 3.55. The molecule has 0 aliphatic heterocycles. The zero-order chi connectivity index (χ0) is 19.7. The molecule has 140 valence electrons. The monoisotopic (exact) mass is 389 g/mol. The Morgan fingerprint density at radius 2 is 1.79 bits per heavy atom. The molecule has 3 aromatic carbocycles. The molecule has 1 heterocycles. The van der Waals surface area contributed by atoms with Gasteiger partial charge in [0.05, 0.1) is 17.4 Å². The second-order valence-corrected chi connectivity index (χ2v) is 7.32. The number of rotatable bonds is 4. The lowest BCUT2D eigenvalue weighted by atomic mass is 10.1. The summed E-state index contributed by atoms with van der Waals surface area (Å²) in [5, 5.41) is 1.03. The van der Waals surface area contributed by atoms with E-state index in [-0.39, 0.29) is 5.56 Å². The molecule has 0 unspecified atom stereocenters. The summed E-state index contributed by atoms with van der Waals surface area (Å²) < 4.78 is 1.71. The summed E-state index contributed by atoms with van der Waals surface area (Å²) >= 11 is 6.13. The molecule has 0 aliphatic carbocycles. The molecule has 28 heavy (non-hydrogen) atoms. The van der Waals surface area contributed by atoms with Gasteiger partial charge in [-0.05, 0) is 42.3 Å². The summed E-state index contributed by atoms with van der Waals surface area (Å²) in [5.41, 5.74) is 10.3. The van der Waals surface area contributed by atoms with Crippen LogP contribution < -0.4 is 11.3 Å². The Hall–Kier alpha value is -2.95. The smallest absolute Gasteiger partial charge is 0.262 e. The molecule has 1 aromatic heterocycles. The normalized spacial score (nSPS) is 11.1. The van der Waals surface area contributed by atoms with Crippen molar-refractivity contribution in [3.05, 3.63) is 98.8 Å². The number of benzene rings is 3. The molecule has 0 saturated carbocycles. The number of hydrogen-bond acceptors (Lipinski definition) is 3. The number of nitrogens with two attached hydrogens (primary N) is 1. The van der Waals surface area contributed by atoms with Gasteiger partial charge in [0.1, 0.15) is 5.82 Å². The van der Waals surface area contributed by atoms with E-state index in [0.717, 1.165) is 22.3 Å². The van der Waals surface area contributed by atoms with Gasteiger partial charge in [-0.15, -0.1) is 0 Å². The molecule has 0 amide bonds. The van der Waals surface area contributed by atoms with Crippen LogP contribution in [0.4, 0.5) is 0 Å². The van der Waals surface area contributed by atoms with Gasteiger partial charge in [0.2, 0.25) is 0 Å². The summed E-state index contributed by atoms with van der Waals surface area (Å²) in [7, 11) is 0. The molecule has 0 aliphatic rings. The summed E-state index contributed by atoms with van der Waals surface area (Å²) in [6.07, 6.45) is 0. The highest BCUT2D eigenvalue weighted by Gasteiger charge is 2.14. The van der Waals surface area contributed by atoms with E-state index in [4.69, 9.17) is 22.3 Å². The lowest BCUT2D eigenvalue weighted by molar-refractivity contribution is 0.758. The highest BCUT2D eigenvalue weighted by Crippen LogP contribution is 2.23. The van der Waals surface area contributed by atoms with Gasteiger partial charge < -0.3 is 5.73 Å². The van der Waals surface area contributed by atoms with Crippen LogP contribution in [-0.2, 0) is 13.1 Å². The van der Waals surface area contributed by atoms with Gasteiger partial charge in [-0.2, -0.15) is 0 Å². The molecule has 0 saturated heterocycles. The van der Waals surface area contributed by atoms with E-state index in [1.165, 1.54) is 0 Å². The Morgan fingerprint density at radius 1 is 1.00 bits per heavy atom. The van der Waals surface area contributed by atoms with Crippen molar-refractivity contribution < 1.29 is 0 Å². The van der Waals surface area contributed by atoms with Crippen LogP contribution in [0.5, 0.6) is 0 Å². The van der Waals surface area contributed by atoms with E-state index in [9.17, 15) is 4.79 Å². The van der Waals surface area contributed by atoms with Crippen LogP contribution in [-0.4, -0.2) is 9.55 Å². The van der Waals surface area contributed by atoms with Crippen LogP contribution in [0.2, 0.25) is 5.02 Å². The van der Waals surface area contributed by atoms with Gasteiger partial charge in [-0.3, -0.25) is 9.36 Å². The lowest BCUT2D eigenvalue weighted by Crippen LogP contribution is -2.24. The third-order valence-electron chi connectivity index (χ3n) is 4.76. The number of halogens is 1. The third kappa shape index (κ3) is 3.57. The van der Waals surface area contributed by atoms with Crippen LogP contribution in [0.25, 0.3) is 22.3 Å². The van der Waals surface area contributed by atoms with Crippen molar-refractivity contribution in [1.82, 2.24) is 9.55 Å². The largest absolute Gasteiger partial charge is 0.326 e. The van der Waals surface area contributed by atoms with Crippen molar-refractivity contribution in [2.24, 2.45) is 5.73 Å². The molecular formula is C23H20ClN3O. The molecule has 2 N–H and O–H groups in total. The maximum Gasteiger partial charge on any atom is 0.262 e. The first kappa shape index (κ1) is 18.4. The van der Waals surface area contributed by atoms with Crippen LogP contribution in [0.3, 0.4) is 0 Å². The van der Waals surface area contributed by atoms with Gasteiger partial charge in [0.25, 0.3) is 5.56 Å². The van der Waals surface area contributed by atoms with E-state index in [0.29, 0.717) is 34.8 Å². The average molecular weight is 390 g/mol. The molecule has 0 atom stereocenters. The predicted molar refractivity (Wildman–Crippen MR) is 115 cm³/mol. The first-order valence-electron chi connectivity index (χ1n) is 9.10. The van der Waals surface area contributed by atoms with E-state index in [1.54, 1.807) is 22.8 Å². The fraction of sp³-hybridized carbons (Fsp3) is 0.130. The highest BCUT2D eigenvalue weighted by atomic mass is 35.5. The molecule has 5 heteroatoms. The molecule has 0 radical (unpaired) electrons. The first-order chi connectivity index (χ1) is 13.5. The van der Waals surface area contributed by atoms with Gasteiger partial charge in [0.15, 0.2) is 0 Å². The second kappa shape index (κ2) is 7.58. The fourth-order valence-electron chi connectivity index (χ4n) is 3.38. The average Bonchev–Trinajstić information content (AvgIpc) is 2.70. The van der Waals surface area contributed by atoms with Crippen molar-refractivity contribution >= 4 is 22.5 Å². The zero-order valence-corrected chi connectivity index (χ0v) is 16.3. The van der Waals surface area contributed by atoms with E-state index in [1.807, 2.05) is 55.5 Å². The molecule has 0 bridgehead atoms. The predicted octanol–water partition coefficient (Wildman–Crippen LogP) is 4.53. The summed E-state index contributed by atoms with van der Waals surface area (Å²) in [4.78, 5) is 18.2. The SMILES string of the molecule is Cc1cccc(-c2nc3ccc(Cl)cc3c(=O)n2Cc2cccc(CN)c2)c1. The molecular weight excluding hydrogens is 370 g/mol. The quantitative estimate of drug-likeness (QED) is 0.557. The minimum atomic E-state index is -0.109. The number of nitrogens with zero attached hydrogens (tertiary/aromatic N) is 2. The standard InChI is InChI=1S/C23H20ClN3O/c1-15-4-2-7-18(10-15)22-26-21-9-8-19(24)12-20(21)23(28)27(22)14-17-6-3-5-16(11-17)13-25/h2-12H,13-14,25H2,1H3. The minimum Gasteiger partial charge on any atom is -0.326 e. The number of hydrogen-bond donors (Lipinski definition) is 1. The van der Waals surface area contributed by atoms with E-state index in [2.05, 4.69) is 0 Å². The Kier molecular flexibility index (Phi) is 4.99.